The molecule has 0 unspecified atom stereocenters. The number of hydrogen-bond donors (Lipinski definition) is 1. The van der Waals surface area contributed by atoms with Crippen LogP contribution >= 0.6 is 0 Å². The highest BCUT2D eigenvalue weighted by Gasteiger charge is 2.34. The number of benzene rings is 1. The number of pyridine rings is 1. The number of carbonyl (C=O) groups excluding carboxylic acids is 1. The number of aromatic nitrogens is 2. The third kappa shape index (κ3) is 4.91. The molecule has 2 aromatic heterocycles. The maximum atomic E-state index is 15.3. The van der Waals surface area contributed by atoms with Gasteiger partial charge < -0.3 is 14.6 Å². The number of fused-ring (bicyclic) bond motifs is 3. The first kappa shape index (κ1) is 24.2. The third-order valence-corrected chi connectivity index (χ3v) is 7.89. The molecule has 196 valence electrons. The highest BCUT2D eigenvalue weighted by atomic mass is 19.4. The number of alkyl halides is 3. The van der Waals surface area contributed by atoms with Crippen molar-refractivity contribution in [2.75, 3.05) is 26.2 Å². The van der Waals surface area contributed by atoms with Crippen molar-refractivity contribution in [3.63, 3.8) is 0 Å². The molecule has 1 amide bonds. The third-order valence-electron chi connectivity index (χ3n) is 7.89. The van der Waals surface area contributed by atoms with E-state index in [2.05, 4.69) is 19.6 Å². The van der Waals surface area contributed by atoms with Crippen LogP contribution in [0.2, 0.25) is 0 Å². The normalized spacial score (nSPS) is 19.6. The van der Waals surface area contributed by atoms with Crippen LogP contribution in [0.3, 0.4) is 0 Å². The summed E-state index contributed by atoms with van der Waals surface area (Å²) in [6.07, 6.45) is 2.02. The first-order chi connectivity index (χ1) is 17.8. The molecule has 1 aromatic carbocycles. The minimum atomic E-state index is -4.78. The number of nitrogens with one attached hydrogen (secondary N) is 1. The van der Waals surface area contributed by atoms with Gasteiger partial charge in [0.15, 0.2) is 0 Å². The van der Waals surface area contributed by atoms with Gasteiger partial charge in [0.25, 0.3) is 5.91 Å². The average molecular weight is 517 g/mol. The molecule has 2 fully saturated rings. The maximum Gasteiger partial charge on any atom is 0.573 e. The number of nitrogens with zero attached hydrogens (tertiary/aromatic N) is 3. The van der Waals surface area contributed by atoms with Crippen LogP contribution in [0.5, 0.6) is 5.75 Å². The molecule has 10 heteroatoms. The number of ether oxygens (including phenoxy) is 1. The summed E-state index contributed by atoms with van der Waals surface area (Å²) >= 11 is 0. The minimum Gasteiger partial charge on any atom is -0.406 e. The van der Waals surface area contributed by atoms with Crippen LogP contribution in [0.4, 0.5) is 17.6 Å². The van der Waals surface area contributed by atoms with Crippen molar-refractivity contribution >= 4 is 16.9 Å². The monoisotopic (exact) mass is 516 g/mol. The van der Waals surface area contributed by atoms with E-state index in [4.69, 9.17) is 0 Å². The summed E-state index contributed by atoms with van der Waals surface area (Å²) in [6, 6.07) is 5.64. The summed E-state index contributed by atoms with van der Waals surface area (Å²) in [6.45, 7) is 2.86. The quantitative estimate of drug-likeness (QED) is 0.486. The number of H-pyrrole nitrogens is 1. The molecule has 6 rings (SSSR count). The van der Waals surface area contributed by atoms with Crippen molar-refractivity contribution in [1.82, 2.24) is 19.8 Å². The van der Waals surface area contributed by atoms with Gasteiger partial charge in [0.1, 0.15) is 17.2 Å². The van der Waals surface area contributed by atoms with E-state index in [0.717, 1.165) is 54.8 Å². The number of aromatic amines is 1. The molecule has 3 aliphatic rings. The Labute approximate surface area is 211 Å². The molecule has 6 nitrogen and oxygen atoms in total. The van der Waals surface area contributed by atoms with Crippen molar-refractivity contribution in [2.24, 2.45) is 0 Å². The van der Waals surface area contributed by atoms with Gasteiger partial charge in [0.05, 0.1) is 6.20 Å². The van der Waals surface area contributed by atoms with Gasteiger partial charge in [0.2, 0.25) is 0 Å². The Morgan fingerprint density at radius 1 is 1.00 bits per heavy atom. The Kier molecular flexibility index (Phi) is 6.09. The summed E-state index contributed by atoms with van der Waals surface area (Å²) in [5.41, 5.74) is 4.06. The largest absolute Gasteiger partial charge is 0.573 e. The number of carbonyl (C=O) groups is 1. The zero-order valence-electron chi connectivity index (χ0n) is 20.3. The molecule has 1 N–H and O–H groups in total. The summed E-state index contributed by atoms with van der Waals surface area (Å²) in [7, 11) is 0. The fourth-order valence-electron chi connectivity index (χ4n) is 5.94. The Bertz CT molecular complexity index is 1310. The van der Waals surface area contributed by atoms with Gasteiger partial charge in [-0.3, -0.25) is 9.69 Å². The second kappa shape index (κ2) is 9.31. The molecular formula is C27H28F4N4O2. The van der Waals surface area contributed by atoms with Crippen LogP contribution in [-0.4, -0.2) is 64.3 Å². The van der Waals surface area contributed by atoms with Crippen LogP contribution in [0.25, 0.3) is 11.0 Å². The molecule has 0 atom stereocenters. The first-order valence-corrected chi connectivity index (χ1v) is 12.8. The van der Waals surface area contributed by atoms with Gasteiger partial charge in [-0.1, -0.05) is 0 Å². The number of hydrogen-bond acceptors (Lipinski definition) is 4. The Morgan fingerprint density at radius 2 is 1.70 bits per heavy atom. The summed E-state index contributed by atoms with van der Waals surface area (Å²) in [5, 5.41) is 0.915. The molecule has 1 saturated carbocycles. The van der Waals surface area contributed by atoms with Gasteiger partial charge in [-0.05, 0) is 67.9 Å². The number of amides is 1. The molecule has 0 radical (unpaired) electrons. The maximum absolute atomic E-state index is 15.3. The molecule has 3 aromatic rings. The molecule has 4 heterocycles. The standard InChI is InChI=1S/C27H28F4N4O2/c28-21-15-32-25-24(20-9-13-34(18-3-4-18)14-10-22(20)33-25)23(21)16-7-11-35(12-8-16)26(36)17-1-5-19(6-2-17)37-27(29,30)31/h1-2,5-6,15-16,18H,3-4,7-14H2,(H,32,33). The number of rotatable bonds is 4. The van der Waals surface area contributed by atoms with Crippen LogP contribution in [0.15, 0.2) is 30.5 Å². The fraction of sp³-hybridized carbons (Fsp3) is 0.481. The molecule has 1 saturated heterocycles. The second-order valence-corrected chi connectivity index (χ2v) is 10.2. The van der Waals surface area contributed by atoms with E-state index in [1.54, 1.807) is 4.90 Å². The SMILES string of the molecule is O=C(c1ccc(OC(F)(F)F)cc1)N1CCC(c2c(F)cnc3[nH]c4c(c23)CCN(C2CC2)CC4)CC1. The number of piperidine rings is 1. The Balaban J connectivity index is 1.18. The van der Waals surface area contributed by atoms with E-state index in [1.807, 2.05) is 0 Å². The number of halogens is 4. The zero-order valence-corrected chi connectivity index (χ0v) is 20.3. The molecule has 0 spiro atoms. The van der Waals surface area contributed by atoms with Gasteiger partial charge in [-0.25, -0.2) is 9.37 Å². The van der Waals surface area contributed by atoms with Gasteiger partial charge >= 0.3 is 6.36 Å². The summed E-state index contributed by atoms with van der Waals surface area (Å²) in [4.78, 5) is 25.0. The minimum absolute atomic E-state index is 0.0419. The van der Waals surface area contributed by atoms with Gasteiger partial charge in [0, 0.05) is 60.8 Å². The predicted molar refractivity (Wildman–Crippen MR) is 129 cm³/mol. The lowest BCUT2D eigenvalue weighted by atomic mass is 9.86. The average Bonchev–Trinajstić information content (AvgIpc) is 3.68. The fourth-order valence-corrected chi connectivity index (χ4v) is 5.94. The Hall–Kier alpha value is -3.14. The van der Waals surface area contributed by atoms with Crippen molar-refractivity contribution in [2.45, 2.75) is 56.8 Å². The molecular weight excluding hydrogens is 488 g/mol. The Morgan fingerprint density at radius 3 is 2.38 bits per heavy atom. The van der Waals surface area contributed by atoms with Crippen LogP contribution < -0.4 is 4.74 Å². The van der Waals surface area contributed by atoms with Crippen LogP contribution in [0, 0.1) is 5.82 Å². The van der Waals surface area contributed by atoms with Crippen molar-refractivity contribution < 1.29 is 27.1 Å². The van der Waals surface area contributed by atoms with E-state index in [1.165, 1.54) is 36.7 Å². The van der Waals surface area contributed by atoms with Crippen LogP contribution in [0.1, 0.15) is 58.8 Å². The second-order valence-electron chi connectivity index (χ2n) is 10.2. The van der Waals surface area contributed by atoms with Gasteiger partial charge in [-0.15, -0.1) is 13.2 Å². The van der Waals surface area contributed by atoms with E-state index in [0.29, 0.717) is 43.1 Å². The van der Waals surface area contributed by atoms with Crippen molar-refractivity contribution in [3.05, 3.63) is 58.7 Å². The van der Waals surface area contributed by atoms with Crippen molar-refractivity contribution in [3.8, 4) is 5.75 Å². The highest BCUT2D eigenvalue weighted by Crippen LogP contribution is 2.39. The predicted octanol–water partition coefficient (Wildman–Crippen LogP) is 5.18. The molecule has 1 aliphatic carbocycles. The van der Waals surface area contributed by atoms with Gasteiger partial charge in [-0.2, -0.15) is 0 Å². The molecule has 0 bridgehead atoms. The highest BCUT2D eigenvalue weighted by molar-refractivity contribution is 5.94. The smallest absolute Gasteiger partial charge is 0.406 e. The lowest BCUT2D eigenvalue weighted by Crippen LogP contribution is -2.38. The van der Waals surface area contributed by atoms with E-state index in [-0.39, 0.29) is 23.4 Å². The first-order valence-electron chi connectivity index (χ1n) is 12.8. The summed E-state index contributed by atoms with van der Waals surface area (Å²) in [5.74, 6) is -0.971. The number of likely N-dealkylation sites (tertiary alicyclic amines) is 1. The molecule has 37 heavy (non-hydrogen) atoms. The van der Waals surface area contributed by atoms with E-state index in [9.17, 15) is 18.0 Å². The van der Waals surface area contributed by atoms with Crippen molar-refractivity contribution in [1.29, 1.82) is 0 Å². The molecule has 2 aliphatic heterocycles. The van der Waals surface area contributed by atoms with E-state index < -0.39 is 6.36 Å². The lowest BCUT2D eigenvalue weighted by Gasteiger charge is -2.33. The zero-order chi connectivity index (χ0) is 25.7. The van der Waals surface area contributed by atoms with E-state index >= 15 is 4.39 Å². The van der Waals surface area contributed by atoms with Crippen LogP contribution in [-0.2, 0) is 12.8 Å². The topological polar surface area (TPSA) is 61.5 Å². The lowest BCUT2D eigenvalue weighted by molar-refractivity contribution is -0.274. The summed E-state index contributed by atoms with van der Waals surface area (Å²) < 4.78 is 56.4.